The van der Waals surface area contributed by atoms with E-state index in [-0.39, 0.29) is 23.4 Å². The molecule has 2 bridgehead atoms. The number of carbonyl (C=O) groups is 1. The standard InChI is InChI=1S/C18H24N4O2S/c1-22(9-14-20-13-5-6-25-16(13)17(23)21-14)18(24)12-7-10-3-2-4-11(8-12)15(10)19/h5-6,10-12,15H,2-4,7-9,19H2,1H3,(H,20,21,23). The Balaban J connectivity index is 1.47. The van der Waals surface area contributed by atoms with Gasteiger partial charge in [0.1, 0.15) is 10.5 Å². The summed E-state index contributed by atoms with van der Waals surface area (Å²) in [5.74, 6) is 1.71. The van der Waals surface area contributed by atoms with Gasteiger partial charge in [-0.25, -0.2) is 4.98 Å². The number of hydrogen-bond acceptors (Lipinski definition) is 5. The molecule has 2 saturated carbocycles. The second kappa shape index (κ2) is 6.53. The topological polar surface area (TPSA) is 92.1 Å². The van der Waals surface area contributed by atoms with Crippen molar-refractivity contribution in [1.29, 1.82) is 0 Å². The average molecular weight is 360 g/mol. The number of rotatable bonds is 3. The Hall–Kier alpha value is -1.73. The van der Waals surface area contributed by atoms with Crippen molar-refractivity contribution in [1.82, 2.24) is 14.9 Å². The molecule has 2 aromatic rings. The van der Waals surface area contributed by atoms with E-state index in [1.165, 1.54) is 17.8 Å². The van der Waals surface area contributed by atoms with Crippen molar-refractivity contribution < 1.29 is 4.79 Å². The Kier molecular flexibility index (Phi) is 4.37. The van der Waals surface area contributed by atoms with Gasteiger partial charge in [-0.2, -0.15) is 0 Å². The van der Waals surface area contributed by atoms with Gasteiger partial charge in [-0.1, -0.05) is 6.42 Å². The van der Waals surface area contributed by atoms with Gasteiger partial charge < -0.3 is 15.6 Å². The lowest BCUT2D eigenvalue weighted by Gasteiger charge is -2.44. The fourth-order valence-corrected chi connectivity index (χ4v) is 5.33. The summed E-state index contributed by atoms with van der Waals surface area (Å²) in [6, 6.07) is 2.10. The van der Waals surface area contributed by atoms with Crippen molar-refractivity contribution >= 4 is 27.5 Å². The number of thiophene rings is 1. The monoisotopic (exact) mass is 360 g/mol. The molecule has 0 spiro atoms. The van der Waals surface area contributed by atoms with E-state index >= 15 is 0 Å². The molecular formula is C18H24N4O2S. The molecule has 2 atom stereocenters. The van der Waals surface area contributed by atoms with Gasteiger partial charge in [-0.05, 0) is 49.0 Å². The smallest absolute Gasteiger partial charge is 0.268 e. The SMILES string of the molecule is CN(Cc1nc2ccsc2c(=O)[nH]1)C(=O)C1CC2CCCC(C1)C2N. The predicted octanol–water partition coefficient (Wildman–Crippen LogP) is 2.10. The summed E-state index contributed by atoms with van der Waals surface area (Å²) >= 11 is 1.38. The van der Waals surface area contributed by atoms with Gasteiger partial charge in [0.15, 0.2) is 0 Å². The van der Waals surface area contributed by atoms with Gasteiger partial charge in [0.2, 0.25) is 5.91 Å². The zero-order valence-electron chi connectivity index (χ0n) is 14.4. The summed E-state index contributed by atoms with van der Waals surface area (Å²) < 4.78 is 0.631. The number of fused-ring (bicyclic) bond motifs is 3. The molecule has 2 aliphatic rings. The van der Waals surface area contributed by atoms with Crippen LogP contribution in [-0.2, 0) is 11.3 Å². The first kappa shape index (κ1) is 16.7. The second-order valence-corrected chi connectivity index (χ2v) is 8.45. The van der Waals surface area contributed by atoms with E-state index in [0.717, 1.165) is 25.7 Å². The molecule has 0 aromatic carbocycles. The van der Waals surface area contributed by atoms with Crippen LogP contribution in [0.1, 0.15) is 37.9 Å². The fraction of sp³-hybridized carbons (Fsp3) is 0.611. The summed E-state index contributed by atoms with van der Waals surface area (Å²) in [6.45, 7) is 0.331. The van der Waals surface area contributed by atoms with E-state index in [0.29, 0.717) is 34.4 Å². The molecule has 1 amide bonds. The van der Waals surface area contributed by atoms with Crippen LogP contribution < -0.4 is 11.3 Å². The molecule has 134 valence electrons. The number of nitrogens with two attached hydrogens (primary N) is 1. The predicted molar refractivity (Wildman–Crippen MR) is 98.2 cm³/mol. The average Bonchev–Trinajstić information content (AvgIpc) is 3.03. The van der Waals surface area contributed by atoms with E-state index in [4.69, 9.17) is 5.73 Å². The Morgan fingerprint density at radius 2 is 2.12 bits per heavy atom. The van der Waals surface area contributed by atoms with Crippen molar-refractivity contribution in [2.24, 2.45) is 23.5 Å². The lowest BCUT2D eigenvalue weighted by molar-refractivity contribution is -0.137. The number of aromatic nitrogens is 2. The molecule has 0 aliphatic heterocycles. The van der Waals surface area contributed by atoms with Crippen LogP contribution in [0.15, 0.2) is 16.2 Å². The highest BCUT2D eigenvalue weighted by Gasteiger charge is 2.41. The maximum absolute atomic E-state index is 12.9. The van der Waals surface area contributed by atoms with Gasteiger partial charge in [-0.15, -0.1) is 11.3 Å². The summed E-state index contributed by atoms with van der Waals surface area (Å²) in [6.07, 6.45) is 5.33. The zero-order valence-corrected chi connectivity index (χ0v) is 15.2. The van der Waals surface area contributed by atoms with Crippen LogP contribution in [0.3, 0.4) is 0 Å². The molecular weight excluding hydrogens is 336 g/mol. The van der Waals surface area contributed by atoms with Crippen molar-refractivity contribution in [2.45, 2.75) is 44.7 Å². The number of nitrogens with zero attached hydrogens (tertiary/aromatic N) is 2. The van der Waals surface area contributed by atoms with Crippen molar-refractivity contribution in [3.05, 3.63) is 27.6 Å². The molecule has 25 heavy (non-hydrogen) atoms. The quantitative estimate of drug-likeness (QED) is 0.877. The Morgan fingerprint density at radius 3 is 2.84 bits per heavy atom. The van der Waals surface area contributed by atoms with Crippen molar-refractivity contribution in [2.75, 3.05) is 7.05 Å². The summed E-state index contributed by atoms with van der Waals surface area (Å²) in [7, 11) is 1.80. The van der Waals surface area contributed by atoms with E-state index in [1.54, 1.807) is 11.9 Å². The first-order valence-corrected chi connectivity index (χ1v) is 9.88. The van der Waals surface area contributed by atoms with Crippen LogP contribution in [0, 0.1) is 17.8 Å². The van der Waals surface area contributed by atoms with Crippen LogP contribution in [0.4, 0.5) is 0 Å². The Bertz CT molecular complexity index is 831. The minimum atomic E-state index is -0.131. The number of aromatic amines is 1. The lowest BCUT2D eigenvalue weighted by Crippen LogP contribution is -2.49. The highest BCUT2D eigenvalue weighted by Crippen LogP contribution is 2.42. The second-order valence-electron chi connectivity index (χ2n) is 7.54. The van der Waals surface area contributed by atoms with E-state index in [9.17, 15) is 9.59 Å². The summed E-state index contributed by atoms with van der Waals surface area (Å²) in [5, 5.41) is 1.86. The fourth-order valence-electron chi connectivity index (χ4n) is 4.60. The number of amides is 1. The third-order valence-corrected chi connectivity index (χ3v) is 6.79. The van der Waals surface area contributed by atoms with Crippen LogP contribution in [0.2, 0.25) is 0 Å². The number of H-pyrrole nitrogens is 1. The van der Waals surface area contributed by atoms with Crippen molar-refractivity contribution in [3.63, 3.8) is 0 Å². The van der Waals surface area contributed by atoms with E-state index in [1.807, 2.05) is 11.4 Å². The van der Waals surface area contributed by atoms with Crippen LogP contribution in [0.5, 0.6) is 0 Å². The third-order valence-electron chi connectivity index (χ3n) is 5.89. The van der Waals surface area contributed by atoms with E-state index < -0.39 is 0 Å². The minimum absolute atomic E-state index is 0.0525. The number of carbonyl (C=O) groups excluding carboxylic acids is 1. The molecule has 2 unspecified atom stereocenters. The number of nitrogens with one attached hydrogen (secondary N) is 1. The normalized spacial score (nSPS) is 28.9. The Labute approximate surface area is 150 Å². The molecule has 2 heterocycles. The largest absolute Gasteiger partial charge is 0.338 e. The molecule has 0 radical (unpaired) electrons. The molecule has 4 rings (SSSR count). The maximum Gasteiger partial charge on any atom is 0.268 e. The third kappa shape index (κ3) is 3.11. The molecule has 3 N–H and O–H groups in total. The first-order valence-electron chi connectivity index (χ1n) is 9.00. The van der Waals surface area contributed by atoms with Gasteiger partial charge >= 0.3 is 0 Å². The van der Waals surface area contributed by atoms with Crippen LogP contribution in [0.25, 0.3) is 10.2 Å². The van der Waals surface area contributed by atoms with Gasteiger partial charge in [0.05, 0.1) is 12.1 Å². The lowest BCUT2D eigenvalue weighted by atomic mass is 9.65. The minimum Gasteiger partial charge on any atom is -0.338 e. The van der Waals surface area contributed by atoms with Crippen molar-refractivity contribution in [3.8, 4) is 0 Å². The van der Waals surface area contributed by atoms with Gasteiger partial charge in [0.25, 0.3) is 5.56 Å². The molecule has 7 heteroatoms. The van der Waals surface area contributed by atoms with Gasteiger partial charge in [0, 0.05) is 19.0 Å². The van der Waals surface area contributed by atoms with Crippen LogP contribution in [-0.4, -0.2) is 33.9 Å². The number of hydrogen-bond donors (Lipinski definition) is 2. The highest BCUT2D eigenvalue weighted by molar-refractivity contribution is 7.17. The highest BCUT2D eigenvalue weighted by atomic mass is 32.1. The first-order chi connectivity index (χ1) is 12.0. The van der Waals surface area contributed by atoms with E-state index in [2.05, 4.69) is 9.97 Å². The zero-order chi connectivity index (χ0) is 17.6. The molecule has 2 aliphatic carbocycles. The molecule has 2 fully saturated rings. The van der Waals surface area contributed by atoms with Crippen LogP contribution >= 0.6 is 11.3 Å². The Morgan fingerprint density at radius 1 is 1.40 bits per heavy atom. The maximum atomic E-state index is 12.9. The summed E-state index contributed by atoms with van der Waals surface area (Å²) in [4.78, 5) is 34.0. The molecule has 0 saturated heterocycles. The van der Waals surface area contributed by atoms with Gasteiger partial charge in [-0.3, -0.25) is 9.59 Å². The summed E-state index contributed by atoms with van der Waals surface area (Å²) in [5.41, 5.74) is 6.90. The molecule has 2 aromatic heterocycles. The molecule has 6 nitrogen and oxygen atoms in total.